The molecule has 4 rings (SSSR count). The third-order valence-corrected chi connectivity index (χ3v) is 5.05. The first-order valence-electron chi connectivity index (χ1n) is 11.1. The maximum absolute atomic E-state index is 12.1. The van der Waals surface area contributed by atoms with E-state index in [0.29, 0.717) is 24.7 Å². The number of benzene rings is 4. The second-order valence-corrected chi connectivity index (χ2v) is 7.71. The molecule has 1 N–H and O–H groups in total. The van der Waals surface area contributed by atoms with Crippen LogP contribution >= 0.6 is 0 Å². The Morgan fingerprint density at radius 2 is 1.21 bits per heavy atom. The summed E-state index contributed by atoms with van der Waals surface area (Å²) in [7, 11) is 0. The molecule has 0 unspecified atom stereocenters. The molecule has 0 bridgehead atoms. The van der Waals surface area contributed by atoms with Gasteiger partial charge in [-0.3, -0.25) is 4.79 Å². The van der Waals surface area contributed by atoms with Crippen LogP contribution in [0.4, 0.5) is 0 Å². The Balaban J connectivity index is 1.43. The second kappa shape index (κ2) is 12.0. The number of ether oxygens (including phenoxy) is 2. The van der Waals surface area contributed by atoms with Crippen molar-refractivity contribution in [3.8, 4) is 11.5 Å². The molecule has 4 aromatic rings. The molecule has 0 heterocycles. The predicted molar refractivity (Wildman–Crippen MR) is 134 cm³/mol. The number of carbonyl (C=O) groups excluding carboxylic acids is 1. The molecule has 4 aromatic carbocycles. The molecule has 0 radical (unpaired) electrons. The van der Waals surface area contributed by atoms with Crippen molar-refractivity contribution >= 4 is 12.1 Å². The molecule has 0 saturated carbocycles. The van der Waals surface area contributed by atoms with Gasteiger partial charge in [-0.2, -0.15) is 5.10 Å². The fourth-order valence-corrected chi connectivity index (χ4v) is 3.31. The monoisotopic (exact) mass is 450 g/mol. The van der Waals surface area contributed by atoms with E-state index in [-0.39, 0.29) is 12.3 Å². The predicted octanol–water partition coefficient (Wildman–Crippen LogP) is 5.54. The topological polar surface area (TPSA) is 59.9 Å². The van der Waals surface area contributed by atoms with Gasteiger partial charge in [0.05, 0.1) is 12.6 Å². The van der Waals surface area contributed by atoms with Gasteiger partial charge in [-0.15, -0.1) is 0 Å². The van der Waals surface area contributed by atoms with Gasteiger partial charge in [0.2, 0.25) is 5.91 Å². The first kappa shape index (κ1) is 22.8. The number of hydrazone groups is 1. The molecule has 5 heteroatoms. The van der Waals surface area contributed by atoms with E-state index in [9.17, 15) is 4.79 Å². The van der Waals surface area contributed by atoms with Crippen LogP contribution in [-0.4, -0.2) is 12.1 Å². The molecule has 0 aromatic heterocycles. The third kappa shape index (κ3) is 7.07. The van der Waals surface area contributed by atoms with Crippen molar-refractivity contribution in [3.63, 3.8) is 0 Å². The molecule has 0 aliphatic rings. The maximum atomic E-state index is 12.1. The van der Waals surface area contributed by atoms with Crippen molar-refractivity contribution < 1.29 is 14.3 Å². The summed E-state index contributed by atoms with van der Waals surface area (Å²) in [4.78, 5) is 12.1. The van der Waals surface area contributed by atoms with E-state index in [0.717, 1.165) is 22.3 Å². The van der Waals surface area contributed by atoms with E-state index >= 15 is 0 Å². The number of rotatable bonds is 10. The van der Waals surface area contributed by atoms with Crippen LogP contribution in [-0.2, 0) is 24.4 Å². The molecular weight excluding hydrogens is 424 g/mol. The Hall–Kier alpha value is -4.38. The molecule has 0 fully saturated rings. The highest BCUT2D eigenvalue weighted by molar-refractivity contribution is 5.84. The Kier molecular flexibility index (Phi) is 8.06. The minimum Gasteiger partial charge on any atom is -0.485 e. The van der Waals surface area contributed by atoms with Gasteiger partial charge >= 0.3 is 0 Å². The summed E-state index contributed by atoms with van der Waals surface area (Å²) >= 11 is 0. The summed E-state index contributed by atoms with van der Waals surface area (Å²) in [5, 5.41) is 4.10. The quantitative estimate of drug-likeness (QED) is 0.255. The van der Waals surface area contributed by atoms with Gasteiger partial charge in [-0.1, -0.05) is 91.0 Å². The molecule has 0 aliphatic heterocycles. The van der Waals surface area contributed by atoms with Crippen molar-refractivity contribution in [1.29, 1.82) is 0 Å². The van der Waals surface area contributed by atoms with Gasteiger partial charge in [-0.05, 0) is 40.5 Å². The Labute approximate surface area is 199 Å². The van der Waals surface area contributed by atoms with Gasteiger partial charge < -0.3 is 9.47 Å². The zero-order valence-electron chi connectivity index (χ0n) is 18.8. The molecule has 34 heavy (non-hydrogen) atoms. The van der Waals surface area contributed by atoms with E-state index < -0.39 is 0 Å². The van der Waals surface area contributed by atoms with Crippen molar-refractivity contribution in [2.45, 2.75) is 19.6 Å². The zero-order chi connectivity index (χ0) is 23.4. The molecule has 170 valence electrons. The Bertz CT molecular complexity index is 1210. The summed E-state index contributed by atoms with van der Waals surface area (Å²) < 4.78 is 12.1. The minimum absolute atomic E-state index is 0.175. The standard InChI is InChI=1S/C29H26N2O3/c32-29(19-23-10-4-1-5-11-23)31-30-20-26-16-17-27(33-21-24-12-6-2-7-13-24)28(18-26)34-22-25-14-8-3-9-15-25/h1-18,20H,19,21-22H2,(H,31,32)/b30-20+. The van der Waals surface area contributed by atoms with Crippen molar-refractivity contribution in [1.82, 2.24) is 5.43 Å². The smallest absolute Gasteiger partial charge is 0.244 e. The molecule has 0 atom stereocenters. The number of hydrogen-bond acceptors (Lipinski definition) is 4. The van der Waals surface area contributed by atoms with Gasteiger partial charge in [0.1, 0.15) is 13.2 Å². The average Bonchev–Trinajstić information content (AvgIpc) is 2.88. The summed E-state index contributed by atoms with van der Waals surface area (Å²) in [5.41, 5.74) is 6.43. The molecule has 1 amide bonds. The summed E-state index contributed by atoms with van der Waals surface area (Å²) in [6.07, 6.45) is 1.87. The Morgan fingerprint density at radius 1 is 0.676 bits per heavy atom. The van der Waals surface area contributed by atoms with Crippen LogP contribution in [0.1, 0.15) is 22.3 Å². The average molecular weight is 451 g/mol. The van der Waals surface area contributed by atoms with Crippen molar-refractivity contribution in [2.24, 2.45) is 5.10 Å². The van der Waals surface area contributed by atoms with E-state index in [1.165, 1.54) is 0 Å². The molecular formula is C29H26N2O3. The zero-order valence-corrected chi connectivity index (χ0v) is 18.8. The first-order valence-corrected chi connectivity index (χ1v) is 11.1. The van der Waals surface area contributed by atoms with Crippen LogP contribution in [0.15, 0.2) is 114 Å². The molecule has 0 aliphatic carbocycles. The van der Waals surface area contributed by atoms with Gasteiger partial charge in [0, 0.05) is 0 Å². The van der Waals surface area contributed by atoms with Crippen LogP contribution in [0.3, 0.4) is 0 Å². The summed E-state index contributed by atoms with van der Waals surface area (Å²) in [6, 6.07) is 35.1. The lowest BCUT2D eigenvalue weighted by Crippen LogP contribution is -2.19. The van der Waals surface area contributed by atoms with E-state index in [4.69, 9.17) is 9.47 Å². The van der Waals surface area contributed by atoms with Gasteiger partial charge in [0.25, 0.3) is 0 Å². The van der Waals surface area contributed by atoms with Crippen LogP contribution in [0.2, 0.25) is 0 Å². The number of amides is 1. The first-order chi connectivity index (χ1) is 16.8. The highest BCUT2D eigenvalue weighted by Gasteiger charge is 2.08. The largest absolute Gasteiger partial charge is 0.485 e. The highest BCUT2D eigenvalue weighted by Crippen LogP contribution is 2.29. The van der Waals surface area contributed by atoms with Crippen LogP contribution in [0.25, 0.3) is 0 Å². The Morgan fingerprint density at radius 3 is 1.79 bits per heavy atom. The fourth-order valence-electron chi connectivity index (χ4n) is 3.31. The SMILES string of the molecule is O=C(Cc1ccccc1)N/N=C/c1ccc(OCc2ccccc2)c(OCc2ccccc2)c1. The second-order valence-electron chi connectivity index (χ2n) is 7.71. The number of nitrogens with one attached hydrogen (secondary N) is 1. The number of hydrogen-bond donors (Lipinski definition) is 1. The molecule has 0 spiro atoms. The van der Waals surface area contributed by atoms with E-state index in [1.807, 2.05) is 109 Å². The lowest BCUT2D eigenvalue weighted by atomic mass is 10.1. The third-order valence-electron chi connectivity index (χ3n) is 5.05. The lowest BCUT2D eigenvalue weighted by molar-refractivity contribution is -0.120. The summed E-state index contributed by atoms with van der Waals surface area (Å²) in [5.74, 6) is 1.08. The maximum Gasteiger partial charge on any atom is 0.244 e. The number of nitrogens with zero attached hydrogens (tertiary/aromatic N) is 1. The lowest BCUT2D eigenvalue weighted by Gasteiger charge is -2.14. The van der Waals surface area contributed by atoms with Crippen LogP contribution < -0.4 is 14.9 Å². The minimum atomic E-state index is -0.175. The van der Waals surface area contributed by atoms with Crippen molar-refractivity contribution in [2.75, 3.05) is 0 Å². The van der Waals surface area contributed by atoms with Crippen LogP contribution in [0.5, 0.6) is 11.5 Å². The van der Waals surface area contributed by atoms with Crippen LogP contribution in [0, 0.1) is 0 Å². The van der Waals surface area contributed by atoms with Crippen molar-refractivity contribution in [3.05, 3.63) is 131 Å². The molecule has 5 nitrogen and oxygen atoms in total. The van der Waals surface area contributed by atoms with E-state index in [1.54, 1.807) is 6.21 Å². The van der Waals surface area contributed by atoms with Gasteiger partial charge in [-0.25, -0.2) is 5.43 Å². The van der Waals surface area contributed by atoms with Gasteiger partial charge in [0.15, 0.2) is 11.5 Å². The summed E-state index contributed by atoms with van der Waals surface area (Å²) in [6.45, 7) is 0.850. The highest BCUT2D eigenvalue weighted by atomic mass is 16.5. The fraction of sp³-hybridized carbons (Fsp3) is 0.103. The number of carbonyl (C=O) groups is 1. The normalized spacial score (nSPS) is 10.7. The van der Waals surface area contributed by atoms with E-state index in [2.05, 4.69) is 10.5 Å². The molecule has 0 saturated heterocycles.